The molecule has 3 heterocycles. The van der Waals surface area contributed by atoms with Crippen molar-refractivity contribution in [2.75, 3.05) is 16.5 Å². The van der Waals surface area contributed by atoms with Crippen molar-refractivity contribution in [1.82, 2.24) is 9.55 Å². The van der Waals surface area contributed by atoms with Crippen molar-refractivity contribution in [1.29, 1.82) is 0 Å². The normalized spacial score (nSPS) is 14.7. The summed E-state index contributed by atoms with van der Waals surface area (Å²) in [7, 11) is 0. The molecular weight excluding hydrogens is 697 g/mol. The van der Waals surface area contributed by atoms with E-state index < -0.39 is 0 Å². The molecule has 0 atom stereocenters. The molecule has 1 fully saturated rings. The Bertz CT molecular complexity index is 2740. The Labute approximate surface area is 335 Å². The average Bonchev–Trinajstić information content (AvgIpc) is 3.80. The van der Waals surface area contributed by atoms with Gasteiger partial charge in [0.1, 0.15) is 24.0 Å². The SMILES string of the molecule is CC(C)(C)c1ccnc(-n2c3ccccc3c3ccc(Oc4cccc(N5CN(c6cc(C7CCCCC7)ccc6-c6ccccc6)c6ccccc65)c4)cc32)c1. The molecule has 0 spiro atoms. The highest BCUT2D eigenvalue weighted by atomic mass is 16.5. The van der Waals surface area contributed by atoms with Gasteiger partial charge in [0.2, 0.25) is 0 Å². The number of para-hydroxylation sites is 3. The standard InChI is InChI=1S/C52H48N4O/c1-52(2,3)39-29-30-53-51(32-39)56-46-22-11-10-21-44(46)45-28-26-42(34-50(45)56)57-41-20-14-19-40(33-41)54-35-55(48-24-13-12-23-47(48)54)49-31-38(36-15-6-4-7-16-36)25-27-43(49)37-17-8-5-9-18-37/h5,8-14,17-34,36H,4,6-7,15-16,35H2,1-3H3. The second-order valence-corrected chi connectivity index (χ2v) is 16.7. The molecule has 10 rings (SSSR count). The van der Waals surface area contributed by atoms with Crippen LogP contribution in [0.1, 0.15) is 69.9 Å². The van der Waals surface area contributed by atoms with E-state index in [4.69, 9.17) is 9.72 Å². The molecule has 1 saturated carbocycles. The topological polar surface area (TPSA) is 33.5 Å². The van der Waals surface area contributed by atoms with E-state index in [1.807, 2.05) is 6.20 Å². The number of fused-ring (bicyclic) bond motifs is 4. The molecule has 1 aliphatic carbocycles. The van der Waals surface area contributed by atoms with Crippen molar-refractivity contribution in [2.45, 2.75) is 64.2 Å². The summed E-state index contributed by atoms with van der Waals surface area (Å²) in [6, 6.07) is 54.8. The number of pyridine rings is 1. The van der Waals surface area contributed by atoms with Gasteiger partial charge < -0.3 is 14.5 Å². The third-order valence-electron chi connectivity index (χ3n) is 12.1. The van der Waals surface area contributed by atoms with Crippen molar-refractivity contribution in [2.24, 2.45) is 0 Å². The van der Waals surface area contributed by atoms with Gasteiger partial charge in [-0.2, -0.15) is 0 Å². The number of hydrogen-bond donors (Lipinski definition) is 0. The maximum atomic E-state index is 6.74. The number of hydrogen-bond acceptors (Lipinski definition) is 4. The van der Waals surface area contributed by atoms with Crippen LogP contribution in [0.25, 0.3) is 38.8 Å². The van der Waals surface area contributed by atoms with Crippen LogP contribution in [0.15, 0.2) is 158 Å². The lowest BCUT2D eigenvalue weighted by atomic mass is 9.83. The molecule has 2 aliphatic rings. The van der Waals surface area contributed by atoms with Crippen molar-refractivity contribution in [3.05, 3.63) is 169 Å². The molecular formula is C52H48N4O. The van der Waals surface area contributed by atoms with E-state index in [0.29, 0.717) is 12.6 Å². The van der Waals surface area contributed by atoms with Gasteiger partial charge in [0.25, 0.3) is 0 Å². The number of nitrogens with zero attached hydrogens (tertiary/aromatic N) is 4. The first-order valence-electron chi connectivity index (χ1n) is 20.5. The minimum Gasteiger partial charge on any atom is -0.457 e. The molecule has 8 aromatic rings. The smallest absolute Gasteiger partial charge is 0.137 e. The van der Waals surface area contributed by atoms with Crippen LogP contribution in [0.2, 0.25) is 0 Å². The molecule has 1 aliphatic heterocycles. The maximum Gasteiger partial charge on any atom is 0.137 e. The molecule has 5 heteroatoms. The van der Waals surface area contributed by atoms with Gasteiger partial charge in [-0.15, -0.1) is 0 Å². The summed E-state index contributed by atoms with van der Waals surface area (Å²) in [5, 5.41) is 2.37. The first-order chi connectivity index (χ1) is 27.9. The fourth-order valence-electron chi connectivity index (χ4n) is 9.08. The molecule has 5 nitrogen and oxygen atoms in total. The second-order valence-electron chi connectivity index (χ2n) is 16.7. The number of benzene rings is 6. The Kier molecular flexibility index (Phi) is 8.82. The summed E-state index contributed by atoms with van der Waals surface area (Å²) in [5.74, 6) is 3.11. The number of ether oxygens (including phenoxy) is 1. The van der Waals surface area contributed by atoms with E-state index in [9.17, 15) is 0 Å². The van der Waals surface area contributed by atoms with E-state index >= 15 is 0 Å². The lowest BCUT2D eigenvalue weighted by molar-refractivity contribution is 0.443. The van der Waals surface area contributed by atoms with E-state index in [0.717, 1.165) is 34.0 Å². The molecule has 6 aromatic carbocycles. The van der Waals surface area contributed by atoms with Gasteiger partial charge in [-0.05, 0) is 102 Å². The zero-order valence-corrected chi connectivity index (χ0v) is 33.0. The first kappa shape index (κ1) is 35.1. The Hall–Kier alpha value is -6.33. The molecule has 57 heavy (non-hydrogen) atoms. The van der Waals surface area contributed by atoms with Crippen molar-refractivity contribution < 1.29 is 4.74 Å². The third-order valence-corrected chi connectivity index (χ3v) is 12.1. The van der Waals surface area contributed by atoms with Crippen LogP contribution < -0.4 is 14.5 Å². The second kappa shape index (κ2) is 14.3. The highest BCUT2D eigenvalue weighted by Gasteiger charge is 2.30. The predicted molar refractivity (Wildman–Crippen MR) is 237 cm³/mol. The Balaban J connectivity index is 1.01. The van der Waals surface area contributed by atoms with Crippen LogP contribution in [0.4, 0.5) is 22.7 Å². The van der Waals surface area contributed by atoms with Crippen LogP contribution in [0.3, 0.4) is 0 Å². The van der Waals surface area contributed by atoms with Crippen molar-refractivity contribution >= 4 is 44.6 Å². The lowest BCUT2D eigenvalue weighted by Crippen LogP contribution is -2.24. The minimum absolute atomic E-state index is 0.00574. The van der Waals surface area contributed by atoms with Crippen LogP contribution >= 0.6 is 0 Å². The zero-order valence-electron chi connectivity index (χ0n) is 33.0. The van der Waals surface area contributed by atoms with Crippen LogP contribution in [0, 0.1) is 0 Å². The number of aromatic nitrogens is 2. The van der Waals surface area contributed by atoms with Crippen LogP contribution in [0.5, 0.6) is 11.5 Å². The fraction of sp³-hybridized carbons (Fsp3) is 0.212. The first-order valence-corrected chi connectivity index (χ1v) is 20.5. The van der Waals surface area contributed by atoms with Crippen LogP contribution in [-0.4, -0.2) is 16.2 Å². The van der Waals surface area contributed by atoms with E-state index in [2.05, 4.69) is 187 Å². The molecule has 0 bridgehead atoms. The average molecular weight is 745 g/mol. The highest BCUT2D eigenvalue weighted by Crippen LogP contribution is 2.48. The molecule has 2 aromatic heterocycles. The van der Waals surface area contributed by atoms with Gasteiger partial charge in [-0.25, -0.2) is 4.98 Å². The summed E-state index contributed by atoms with van der Waals surface area (Å²) in [6.45, 7) is 7.43. The summed E-state index contributed by atoms with van der Waals surface area (Å²) < 4.78 is 9.01. The number of anilines is 4. The largest absolute Gasteiger partial charge is 0.457 e. The lowest BCUT2D eigenvalue weighted by Gasteiger charge is -2.28. The van der Waals surface area contributed by atoms with Gasteiger partial charge in [0.15, 0.2) is 0 Å². The number of rotatable bonds is 7. The molecule has 0 radical (unpaired) electrons. The monoisotopic (exact) mass is 744 g/mol. The Morgan fingerprint density at radius 2 is 1.32 bits per heavy atom. The van der Waals surface area contributed by atoms with Crippen LogP contribution in [-0.2, 0) is 5.41 Å². The Morgan fingerprint density at radius 1 is 0.579 bits per heavy atom. The van der Waals surface area contributed by atoms with Gasteiger partial charge in [-0.1, -0.05) is 119 Å². The van der Waals surface area contributed by atoms with Crippen molar-refractivity contribution in [3.63, 3.8) is 0 Å². The summed E-state index contributed by atoms with van der Waals surface area (Å²) in [4.78, 5) is 9.80. The van der Waals surface area contributed by atoms with E-state index in [1.54, 1.807) is 0 Å². The summed E-state index contributed by atoms with van der Waals surface area (Å²) in [5.41, 5.74) is 12.2. The van der Waals surface area contributed by atoms with Gasteiger partial charge >= 0.3 is 0 Å². The molecule has 0 unspecified atom stereocenters. The maximum absolute atomic E-state index is 6.74. The van der Waals surface area contributed by atoms with Gasteiger partial charge in [-0.3, -0.25) is 4.57 Å². The molecule has 0 amide bonds. The molecule has 0 N–H and O–H groups in total. The summed E-state index contributed by atoms with van der Waals surface area (Å²) >= 11 is 0. The van der Waals surface area contributed by atoms with E-state index in [-0.39, 0.29) is 5.41 Å². The van der Waals surface area contributed by atoms with Crippen molar-refractivity contribution in [3.8, 4) is 28.4 Å². The fourth-order valence-corrected chi connectivity index (χ4v) is 9.08. The van der Waals surface area contributed by atoms with Gasteiger partial charge in [0, 0.05) is 40.4 Å². The Morgan fingerprint density at radius 3 is 2.14 bits per heavy atom. The predicted octanol–water partition coefficient (Wildman–Crippen LogP) is 14.2. The quantitative estimate of drug-likeness (QED) is 0.163. The third kappa shape index (κ3) is 6.51. The molecule has 0 saturated heterocycles. The van der Waals surface area contributed by atoms with E-state index in [1.165, 1.54) is 82.2 Å². The minimum atomic E-state index is 0.00574. The highest BCUT2D eigenvalue weighted by molar-refractivity contribution is 6.09. The summed E-state index contributed by atoms with van der Waals surface area (Å²) in [6.07, 6.45) is 8.46. The zero-order chi connectivity index (χ0) is 38.5. The van der Waals surface area contributed by atoms with Gasteiger partial charge in [0.05, 0.1) is 28.1 Å². The molecule has 282 valence electrons.